The molecule has 8 aromatic rings. The van der Waals surface area contributed by atoms with Crippen molar-refractivity contribution in [1.29, 1.82) is 0 Å². The topological polar surface area (TPSA) is 125 Å². The fraction of sp³-hybridized carbons (Fsp3) is 0.0857. The number of nitrogens with one attached hydrogen (secondary N) is 5. The van der Waals surface area contributed by atoms with Crippen LogP contribution in [0.3, 0.4) is 0 Å². The molecule has 8 bridgehead atoms. The highest BCUT2D eigenvalue weighted by Gasteiger charge is 2.16. The number of fused-ring (bicyclic) bond motifs is 20. The van der Waals surface area contributed by atoms with Gasteiger partial charge in [0.15, 0.2) is 0 Å². The molecule has 9 nitrogen and oxygen atoms in total. The number of hydrogen-bond acceptors (Lipinski definition) is 5. The van der Waals surface area contributed by atoms with Crippen LogP contribution in [-0.4, -0.2) is 26.5 Å². The molecule has 5 N–H and O–H groups in total. The molecule has 0 amide bonds. The van der Waals surface area contributed by atoms with Crippen molar-refractivity contribution in [2.24, 2.45) is 20.0 Å². The normalized spacial score (nSPS) is 12.7. The Morgan fingerprint density at radius 2 is 0.864 bits per heavy atom. The lowest BCUT2D eigenvalue weighted by Crippen LogP contribution is -2.10. The van der Waals surface area contributed by atoms with Crippen LogP contribution >= 0.6 is 0 Å². The van der Waals surface area contributed by atoms with E-state index in [4.69, 9.17) is 20.0 Å². The van der Waals surface area contributed by atoms with Crippen LogP contribution in [0.15, 0.2) is 111 Å². The summed E-state index contributed by atoms with van der Waals surface area (Å²) in [7, 11) is 0. The van der Waals surface area contributed by atoms with Crippen molar-refractivity contribution in [3.8, 4) is 0 Å². The highest BCUT2D eigenvalue weighted by molar-refractivity contribution is 6.07. The number of aromatic nitrogens is 4. The molecule has 0 unspecified atom stereocenters. The molecule has 9 rings (SSSR count). The Hall–Kier alpha value is -5.96. The van der Waals surface area contributed by atoms with E-state index in [1.807, 2.05) is 36.4 Å². The average molecular weight is 574 g/mol. The first-order chi connectivity index (χ1) is 21.7. The first-order valence-corrected chi connectivity index (χ1v) is 14.8. The van der Waals surface area contributed by atoms with Gasteiger partial charge in [-0.3, -0.25) is 0 Å². The maximum absolute atomic E-state index is 5.21. The van der Waals surface area contributed by atoms with Crippen LogP contribution in [0, 0.1) is 0 Å². The Labute approximate surface area is 249 Å². The third kappa shape index (κ3) is 3.72. The minimum atomic E-state index is 0.719. The van der Waals surface area contributed by atoms with Crippen molar-refractivity contribution in [2.45, 2.75) is 13.3 Å². The smallest absolute Gasteiger partial charge is 0.144 e. The summed E-state index contributed by atoms with van der Waals surface area (Å²) in [5.74, 6) is 2.89. The maximum Gasteiger partial charge on any atom is 0.144 e. The lowest BCUT2D eigenvalue weighted by atomic mass is 10.1. The van der Waals surface area contributed by atoms with Crippen molar-refractivity contribution in [1.82, 2.24) is 19.9 Å². The van der Waals surface area contributed by atoms with E-state index in [0.29, 0.717) is 0 Å². The minimum absolute atomic E-state index is 0.719. The van der Waals surface area contributed by atoms with Gasteiger partial charge in [0.25, 0.3) is 0 Å². The van der Waals surface area contributed by atoms with Gasteiger partial charge in [-0.2, -0.15) is 0 Å². The lowest BCUT2D eigenvalue weighted by Gasteiger charge is -2.06. The lowest BCUT2D eigenvalue weighted by molar-refractivity contribution is 0.981. The van der Waals surface area contributed by atoms with Crippen LogP contribution in [0.1, 0.15) is 13.3 Å². The first kappa shape index (κ1) is 24.6. The van der Waals surface area contributed by atoms with Crippen molar-refractivity contribution >= 4 is 72.0 Å². The van der Waals surface area contributed by atoms with Crippen LogP contribution in [0.5, 0.6) is 0 Å². The van der Waals surface area contributed by atoms with E-state index in [0.717, 1.165) is 107 Å². The quantitative estimate of drug-likeness (QED) is 0.162. The maximum atomic E-state index is 5.21. The number of nitrogens with zero attached hydrogens (tertiary/aromatic N) is 4. The highest BCUT2D eigenvalue weighted by Crippen LogP contribution is 2.39. The molecule has 1 aliphatic heterocycles. The van der Waals surface area contributed by atoms with E-state index in [2.05, 4.69) is 86.8 Å². The molecule has 4 aromatic heterocycles. The Morgan fingerprint density at radius 3 is 1.36 bits per heavy atom. The third-order valence-electron chi connectivity index (χ3n) is 8.28. The molecule has 0 aliphatic carbocycles. The van der Waals surface area contributed by atoms with Gasteiger partial charge in [0.2, 0.25) is 0 Å². The standard InChI is InChI=1S/C35H27N9/c1-2-18-36-26-17-9-16-25-27(26)35-43-33-24-15-8-7-14-23(24)31(41-33)39-29-20-11-4-3-10-19(20)28(37-29)38-30-21-12-5-6-13-22(21)32(40-30)42-34(25)44-35/h3-17,36H,2,18H2,1H3,(H4,37,38,39,40,41,42,43,44). The Bertz CT molecular complexity index is 2660. The van der Waals surface area contributed by atoms with Gasteiger partial charge < -0.3 is 25.3 Å². The zero-order valence-corrected chi connectivity index (χ0v) is 23.9. The van der Waals surface area contributed by atoms with E-state index >= 15 is 0 Å². The predicted molar refractivity (Wildman–Crippen MR) is 175 cm³/mol. The highest BCUT2D eigenvalue weighted by atomic mass is 15.1. The molecule has 212 valence electrons. The van der Waals surface area contributed by atoms with E-state index in [-0.39, 0.29) is 0 Å². The molecular weight excluding hydrogens is 546 g/mol. The Balaban J connectivity index is 1.48. The molecule has 4 aromatic carbocycles. The van der Waals surface area contributed by atoms with Gasteiger partial charge in [0.1, 0.15) is 45.2 Å². The summed E-state index contributed by atoms with van der Waals surface area (Å²) >= 11 is 0. The van der Waals surface area contributed by atoms with Crippen molar-refractivity contribution < 1.29 is 0 Å². The second-order valence-electron chi connectivity index (χ2n) is 11.0. The van der Waals surface area contributed by atoms with E-state index in [9.17, 15) is 0 Å². The molecule has 0 fully saturated rings. The molecule has 5 heterocycles. The second-order valence-corrected chi connectivity index (χ2v) is 11.0. The van der Waals surface area contributed by atoms with Crippen molar-refractivity contribution in [3.05, 3.63) is 113 Å². The number of benzene rings is 4. The Kier molecular flexibility index (Phi) is 5.33. The summed E-state index contributed by atoms with van der Waals surface area (Å²) < 4.78 is 0. The van der Waals surface area contributed by atoms with E-state index in [1.54, 1.807) is 0 Å². The fourth-order valence-electron chi connectivity index (χ4n) is 6.23. The second kappa shape index (κ2) is 9.53. The summed E-state index contributed by atoms with van der Waals surface area (Å²) in [6, 6.07) is 30.8. The summed E-state index contributed by atoms with van der Waals surface area (Å²) in [5, 5.41) is 11.5. The summed E-state index contributed by atoms with van der Waals surface area (Å²) in [6.07, 6.45) is 1.01. The van der Waals surface area contributed by atoms with Gasteiger partial charge >= 0.3 is 0 Å². The molecule has 0 atom stereocenters. The van der Waals surface area contributed by atoms with Gasteiger partial charge in [0, 0.05) is 49.9 Å². The zero-order chi connectivity index (χ0) is 29.2. The van der Waals surface area contributed by atoms with Gasteiger partial charge in [-0.05, 0) is 12.5 Å². The van der Waals surface area contributed by atoms with Crippen LogP contribution in [0.4, 0.5) is 29.0 Å². The minimum Gasteiger partial charge on any atom is -0.384 e. The van der Waals surface area contributed by atoms with Crippen LogP contribution < -0.4 is 27.3 Å². The zero-order valence-electron chi connectivity index (χ0n) is 23.9. The number of rotatable bonds is 3. The SMILES string of the molecule is CCCNc1cccc2c3[nH]c(c12)N=c1[nH]c(c2ccccc12)=Nc1[nH]c(c2ccccc12)N=c1[nH]c(c2ccccc12)=N3. The number of hydrogen-bond donors (Lipinski definition) is 5. The molecule has 0 saturated heterocycles. The van der Waals surface area contributed by atoms with Gasteiger partial charge in [-0.25, -0.2) is 20.0 Å². The fourth-order valence-corrected chi connectivity index (χ4v) is 6.23. The monoisotopic (exact) mass is 573 g/mol. The molecule has 44 heavy (non-hydrogen) atoms. The Morgan fingerprint density at radius 1 is 0.455 bits per heavy atom. The van der Waals surface area contributed by atoms with Crippen molar-refractivity contribution in [2.75, 3.05) is 11.9 Å². The summed E-state index contributed by atoms with van der Waals surface area (Å²) in [4.78, 5) is 34.7. The third-order valence-corrected chi connectivity index (χ3v) is 8.28. The van der Waals surface area contributed by atoms with Crippen molar-refractivity contribution in [3.63, 3.8) is 0 Å². The average Bonchev–Trinajstić information content (AvgIpc) is 3.79. The number of anilines is 1. The molecule has 0 spiro atoms. The molecule has 9 heteroatoms. The van der Waals surface area contributed by atoms with Gasteiger partial charge in [0.05, 0.1) is 5.39 Å². The molecule has 0 saturated carbocycles. The van der Waals surface area contributed by atoms with E-state index < -0.39 is 0 Å². The first-order valence-electron chi connectivity index (χ1n) is 14.8. The number of H-pyrrole nitrogens is 4. The van der Waals surface area contributed by atoms with Gasteiger partial charge in [-0.1, -0.05) is 91.9 Å². The van der Waals surface area contributed by atoms with Crippen LogP contribution in [0.2, 0.25) is 0 Å². The molecule has 0 radical (unpaired) electrons. The van der Waals surface area contributed by atoms with Crippen LogP contribution in [0.25, 0.3) is 43.1 Å². The number of aromatic amines is 4. The summed E-state index contributed by atoms with van der Waals surface area (Å²) in [5.41, 5.74) is 3.91. The van der Waals surface area contributed by atoms with Crippen LogP contribution in [-0.2, 0) is 0 Å². The predicted octanol–water partition coefficient (Wildman–Crippen LogP) is 6.55. The largest absolute Gasteiger partial charge is 0.384 e. The summed E-state index contributed by atoms with van der Waals surface area (Å²) in [6.45, 7) is 3.01. The molecule has 1 aliphatic rings. The van der Waals surface area contributed by atoms with E-state index in [1.165, 1.54) is 0 Å². The van der Waals surface area contributed by atoms with Gasteiger partial charge in [-0.15, -0.1) is 0 Å². The molecular formula is C35H27N9.